The molecular weight excluding hydrogens is 272 g/mol. The van der Waals surface area contributed by atoms with Gasteiger partial charge in [-0.3, -0.25) is 4.79 Å². The molecule has 8 nitrogen and oxygen atoms in total. The zero-order chi connectivity index (χ0) is 15.1. The van der Waals surface area contributed by atoms with Gasteiger partial charge in [-0.25, -0.2) is 9.36 Å². The van der Waals surface area contributed by atoms with Crippen molar-refractivity contribution in [3.8, 4) is 0 Å². The lowest BCUT2D eigenvalue weighted by molar-refractivity contribution is 0.143. The topological polar surface area (TPSA) is 86.9 Å². The Kier molecular flexibility index (Phi) is 5.82. The zero-order valence-corrected chi connectivity index (χ0v) is 12.6. The van der Waals surface area contributed by atoms with Crippen LogP contribution < -0.4 is 10.9 Å². The number of ether oxygens (including phenoxy) is 1. The van der Waals surface area contributed by atoms with E-state index >= 15 is 0 Å². The van der Waals surface area contributed by atoms with E-state index in [1.165, 1.54) is 10.9 Å². The van der Waals surface area contributed by atoms with Gasteiger partial charge in [0.15, 0.2) is 5.65 Å². The Morgan fingerprint density at radius 1 is 1.33 bits per heavy atom. The molecule has 116 valence electrons. The van der Waals surface area contributed by atoms with Gasteiger partial charge in [-0.15, -0.1) is 5.10 Å². The number of rotatable bonds is 9. The minimum Gasteiger partial charge on any atom is -0.382 e. The normalized spacial score (nSPS) is 11.3. The Morgan fingerprint density at radius 2 is 2.19 bits per heavy atom. The largest absolute Gasteiger partial charge is 0.382 e. The molecule has 0 amide bonds. The Bertz CT molecular complexity index is 621. The maximum atomic E-state index is 12.1. The van der Waals surface area contributed by atoms with E-state index < -0.39 is 0 Å². The third-order valence-corrected chi connectivity index (χ3v) is 3.22. The highest BCUT2D eigenvalue weighted by atomic mass is 16.5. The highest BCUT2D eigenvalue weighted by Crippen LogP contribution is 2.01. The second-order valence-corrected chi connectivity index (χ2v) is 4.78. The van der Waals surface area contributed by atoms with Crippen molar-refractivity contribution < 1.29 is 4.74 Å². The van der Waals surface area contributed by atoms with Crippen molar-refractivity contribution in [2.45, 2.75) is 26.3 Å². The summed E-state index contributed by atoms with van der Waals surface area (Å²) in [6, 6.07) is 0. The number of fused-ring (bicyclic) bond motifs is 1. The molecule has 0 spiro atoms. The van der Waals surface area contributed by atoms with Crippen LogP contribution in [0.25, 0.3) is 11.0 Å². The summed E-state index contributed by atoms with van der Waals surface area (Å²) in [7, 11) is 1.74. The molecule has 0 saturated heterocycles. The molecule has 21 heavy (non-hydrogen) atoms. The molecular formula is C13H22N6O2. The van der Waals surface area contributed by atoms with Gasteiger partial charge in [-0.1, -0.05) is 5.21 Å². The number of unbranched alkanes of at least 4 members (excludes halogenated alkanes) is 1. The molecule has 2 rings (SSSR count). The predicted molar refractivity (Wildman–Crippen MR) is 79.2 cm³/mol. The fourth-order valence-corrected chi connectivity index (χ4v) is 2.03. The minimum absolute atomic E-state index is 0.147. The monoisotopic (exact) mass is 294 g/mol. The summed E-state index contributed by atoms with van der Waals surface area (Å²) in [6.45, 7) is 5.67. The number of nitrogens with zero attached hydrogens (tertiary/aromatic N) is 5. The van der Waals surface area contributed by atoms with Crippen LogP contribution in [0.15, 0.2) is 11.0 Å². The molecule has 8 heteroatoms. The fraction of sp³-hybridized carbons (Fsp3) is 0.692. The first-order valence-electron chi connectivity index (χ1n) is 7.28. The molecule has 1 N–H and O–H groups in total. The highest BCUT2D eigenvalue weighted by molar-refractivity contribution is 5.72. The van der Waals surface area contributed by atoms with E-state index in [1.807, 2.05) is 6.92 Å². The van der Waals surface area contributed by atoms with Crippen molar-refractivity contribution in [2.75, 3.05) is 26.3 Å². The summed E-state index contributed by atoms with van der Waals surface area (Å²) < 4.78 is 8.19. The minimum atomic E-state index is -0.147. The van der Waals surface area contributed by atoms with Crippen LogP contribution in [0.4, 0.5) is 0 Å². The predicted octanol–water partition coefficient (Wildman–Crippen LogP) is -0.0687. The molecule has 0 aromatic carbocycles. The van der Waals surface area contributed by atoms with E-state index in [9.17, 15) is 4.79 Å². The van der Waals surface area contributed by atoms with Gasteiger partial charge in [0.25, 0.3) is 5.56 Å². The maximum Gasteiger partial charge on any atom is 0.280 e. The van der Waals surface area contributed by atoms with Crippen LogP contribution in [0.1, 0.15) is 19.8 Å². The SMILES string of the molecule is CCOCCCCNCCn1nnc2c(cnn2C)c1=O. The summed E-state index contributed by atoms with van der Waals surface area (Å²) in [5.74, 6) is 0. The lowest BCUT2D eigenvalue weighted by Crippen LogP contribution is -2.30. The molecule has 2 heterocycles. The summed E-state index contributed by atoms with van der Waals surface area (Å²) in [6.07, 6.45) is 3.63. The first-order valence-corrected chi connectivity index (χ1v) is 7.28. The maximum absolute atomic E-state index is 12.1. The van der Waals surface area contributed by atoms with E-state index in [1.54, 1.807) is 11.7 Å². The molecule has 0 fully saturated rings. The van der Waals surface area contributed by atoms with Crippen molar-refractivity contribution >= 4 is 11.0 Å². The van der Waals surface area contributed by atoms with Gasteiger partial charge in [0.05, 0.1) is 12.7 Å². The van der Waals surface area contributed by atoms with Crippen LogP contribution in [0.5, 0.6) is 0 Å². The number of hydrogen-bond acceptors (Lipinski definition) is 6. The number of aryl methyl sites for hydroxylation is 1. The Morgan fingerprint density at radius 3 is 3.00 bits per heavy atom. The van der Waals surface area contributed by atoms with E-state index in [2.05, 4.69) is 20.7 Å². The van der Waals surface area contributed by atoms with Crippen LogP contribution >= 0.6 is 0 Å². The molecule has 0 saturated carbocycles. The van der Waals surface area contributed by atoms with Gasteiger partial charge in [-0.05, 0) is 26.3 Å². The molecule has 0 bridgehead atoms. The van der Waals surface area contributed by atoms with Crippen LogP contribution in [-0.2, 0) is 18.3 Å². The Labute approximate surface area is 123 Å². The fourth-order valence-electron chi connectivity index (χ4n) is 2.03. The van der Waals surface area contributed by atoms with E-state index in [4.69, 9.17) is 4.74 Å². The van der Waals surface area contributed by atoms with Gasteiger partial charge in [0.2, 0.25) is 0 Å². The summed E-state index contributed by atoms with van der Waals surface area (Å²) in [5, 5.41) is 15.8. The van der Waals surface area contributed by atoms with Gasteiger partial charge in [-0.2, -0.15) is 5.10 Å². The van der Waals surface area contributed by atoms with Gasteiger partial charge < -0.3 is 10.1 Å². The second-order valence-electron chi connectivity index (χ2n) is 4.78. The first-order chi connectivity index (χ1) is 10.2. The third-order valence-electron chi connectivity index (χ3n) is 3.22. The van der Waals surface area contributed by atoms with Crippen molar-refractivity contribution in [3.63, 3.8) is 0 Å². The third kappa shape index (κ3) is 4.08. The number of aromatic nitrogens is 5. The van der Waals surface area contributed by atoms with E-state index in [-0.39, 0.29) is 5.56 Å². The van der Waals surface area contributed by atoms with Crippen molar-refractivity contribution in [2.24, 2.45) is 7.05 Å². The van der Waals surface area contributed by atoms with Crippen LogP contribution in [0.3, 0.4) is 0 Å². The van der Waals surface area contributed by atoms with Crippen LogP contribution in [0.2, 0.25) is 0 Å². The smallest absolute Gasteiger partial charge is 0.280 e. The van der Waals surface area contributed by atoms with Crippen LogP contribution in [0, 0.1) is 0 Å². The van der Waals surface area contributed by atoms with Crippen molar-refractivity contribution in [3.05, 3.63) is 16.6 Å². The van der Waals surface area contributed by atoms with Crippen molar-refractivity contribution in [1.29, 1.82) is 0 Å². The summed E-state index contributed by atoms with van der Waals surface area (Å²) >= 11 is 0. The van der Waals surface area contributed by atoms with E-state index in [0.717, 1.165) is 32.6 Å². The number of hydrogen-bond donors (Lipinski definition) is 1. The molecule has 0 aliphatic carbocycles. The molecule has 0 atom stereocenters. The molecule has 0 aliphatic heterocycles. The summed E-state index contributed by atoms with van der Waals surface area (Å²) in [4.78, 5) is 12.1. The summed E-state index contributed by atoms with van der Waals surface area (Å²) in [5.41, 5.74) is 0.367. The highest BCUT2D eigenvalue weighted by Gasteiger charge is 2.08. The zero-order valence-electron chi connectivity index (χ0n) is 12.6. The van der Waals surface area contributed by atoms with Gasteiger partial charge in [0.1, 0.15) is 5.39 Å². The van der Waals surface area contributed by atoms with Gasteiger partial charge in [0, 0.05) is 26.8 Å². The first kappa shape index (κ1) is 15.6. The average Bonchev–Trinajstić information content (AvgIpc) is 2.86. The molecule has 0 aliphatic rings. The molecule has 0 unspecified atom stereocenters. The standard InChI is InChI=1S/C13H22N6O2/c1-3-21-9-5-4-6-14-7-8-19-13(20)11-10-15-18(2)12(11)16-17-19/h10,14H,3-9H2,1-2H3. The van der Waals surface area contributed by atoms with Crippen molar-refractivity contribution in [1.82, 2.24) is 30.1 Å². The molecule has 2 aromatic rings. The Balaban J connectivity index is 1.76. The second kappa shape index (κ2) is 7.84. The molecule has 0 radical (unpaired) electrons. The van der Waals surface area contributed by atoms with Crippen LogP contribution in [-0.4, -0.2) is 51.1 Å². The number of nitrogens with one attached hydrogen (secondary N) is 1. The Hall–Kier alpha value is -1.80. The van der Waals surface area contributed by atoms with E-state index in [0.29, 0.717) is 24.1 Å². The lowest BCUT2D eigenvalue weighted by Gasteiger charge is -2.06. The average molecular weight is 294 g/mol. The molecule has 2 aromatic heterocycles. The quantitative estimate of drug-likeness (QED) is 0.652. The van der Waals surface area contributed by atoms with Gasteiger partial charge >= 0.3 is 0 Å². The lowest BCUT2D eigenvalue weighted by atomic mass is 10.3.